The normalized spacial score (nSPS) is 12.1. The molecule has 0 saturated carbocycles. The monoisotopic (exact) mass is 258 g/mol. The molecule has 0 fully saturated rings. The van der Waals surface area contributed by atoms with Crippen LogP contribution in [-0.2, 0) is 6.42 Å². The van der Waals surface area contributed by atoms with Crippen molar-refractivity contribution in [1.29, 1.82) is 0 Å². The number of aliphatic hydroxyl groups excluding tert-OH is 1. The van der Waals surface area contributed by atoms with Crippen LogP contribution < -0.4 is 4.74 Å². The van der Waals surface area contributed by atoms with Crippen molar-refractivity contribution < 1.29 is 9.84 Å². The van der Waals surface area contributed by atoms with Crippen molar-refractivity contribution in [3.05, 3.63) is 54.1 Å². The minimum Gasteiger partial charge on any atom is -0.492 e. The lowest BCUT2D eigenvalue weighted by Crippen LogP contribution is -2.01. The van der Waals surface area contributed by atoms with Crippen LogP contribution in [0.5, 0.6) is 5.75 Å². The van der Waals surface area contributed by atoms with Crippen molar-refractivity contribution in [2.24, 2.45) is 0 Å². The van der Waals surface area contributed by atoms with E-state index in [0.29, 0.717) is 18.8 Å². The average molecular weight is 258 g/mol. The molecule has 2 aromatic heterocycles. The second-order valence-electron chi connectivity index (χ2n) is 4.30. The largest absolute Gasteiger partial charge is 0.492 e. The summed E-state index contributed by atoms with van der Waals surface area (Å²) in [6, 6.07) is 5.76. The number of aliphatic hydroxyl groups is 1. The number of rotatable bonds is 6. The molecule has 0 radical (unpaired) electrons. The Morgan fingerprint density at radius 1 is 1.21 bits per heavy atom. The fraction of sp³-hybridized carbons (Fsp3) is 0.333. The molecule has 0 aromatic carbocycles. The van der Waals surface area contributed by atoms with Gasteiger partial charge in [0.05, 0.1) is 18.9 Å². The molecular weight excluding hydrogens is 240 g/mol. The van der Waals surface area contributed by atoms with E-state index in [1.165, 1.54) is 5.56 Å². The molecule has 4 heteroatoms. The third kappa shape index (κ3) is 4.03. The highest BCUT2D eigenvalue weighted by atomic mass is 16.5. The van der Waals surface area contributed by atoms with E-state index >= 15 is 0 Å². The van der Waals surface area contributed by atoms with Gasteiger partial charge in [-0.2, -0.15) is 0 Å². The smallest absolute Gasteiger partial charge is 0.137 e. The number of hydrogen-bond donors (Lipinski definition) is 1. The lowest BCUT2D eigenvalue weighted by Gasteiger charge is -2.12. The second kappa shape index (κ2) is 6.85. The first-order valence-electron chi connectivity index (χ1n) is 6.44. The zero-order valence-electron chi connectivity index (χ0n) is 11.0. The molecule has 1 atom stereocenters. The molecule has 0 bridgehead atoms. The summed E-state index contributed by atoms with van der Waals surface area (Å²) in [4.78, 5) is 8.06. The first-order chi connectivity index (χ1) is 9.29. The van der Waals surface area contributed by atoms with Crippen molar-refractivity contribution in [2.75, 3.05) is 6.61 Å². The fourth-order valence-corrected chi connectivity index (χ4v) is 1.88. The molecule has 0 aliphatic carbocycles. The molecule has 0 aliphatic heterocycles. The summed E-state index contributed by atoms with van der Waals surface area (Å²) in [6.07, 6.45) is 7.80. The van der Waals surface area contributed by atoms with E-state index in [4.69, 9.17) is 4.74 Å². The second-order valence-corrected chi connectivity index (χ2v) is 4.30. The summed E-state index contributed by atoms with van der Waals surface area (Å²) in [5.41, 5.74) is 1.96. The molecule has 0 aliphatic rings. The van der Waals surface area contributed by atoms with E-state index < -0.39 is 6.10 Å². The highest BCUT2D eigenvalue weighted by Gasteiger charge is 2.09. The summed E-state index contributed by atoms with van der Waals surface area (Å²) in [7, 11) is 0. The lowest BCUT2D eigenvalue weighted by atomic mass is 10.0. The highest BCUT2D eigenvalue weighted by molar-refractivity contribution is 5.25. The topological polar surface area (TPSA) is 55.2 Å². The first kappa shape index (κ1) is 13.5. The predicted octanol–water partition coefficient (Wildman–Crippen LogP) is 2.54. The van der Waals surface area contributed by atoms with Gasteiger partial charge in [0.2, 0.25) is 0 Å². The van der Waals surface area contributed by atoms with Crippen LogP contribution in [0.15, 0.2) is 43.0 Å². The summed E-state index contributed by atoms with van der Waals surface area (Å²) in [6.45, 7) is 2.52. The van der Waals surface area contributed by atoms with Crippen molar-refractivity contribution in [3.63, 3.8) is 0 Å². The molecule has 1 N–H and O–H groups in total. The third-order valence-electron chi connectivity index (χ3n) is 2.89. The molecule has 2 rings (SSSR count). The summed E-state index contributed by atoms with van der Waals surface area (Å²) in [5, 5.41) is 10.2. The van der Waals surface area contributed by atoms with E-state index in [-0.39, 0.29) is 0 Å². The van der Waals surface area contributed by atoms with Gasteiger partial charge in [0.15, 0.2) is 0 Å². The maximum Gasteiger partial charge on any atom is 0.137 e. The van der Waals surface area contributed by atoms with Gasteiger partial charge in [0.25, 0.3) is 0 Å². The molecule has 0 amide bonds. The zero-order chi connectivity index (χ0) is 13.5. The maximum atomic E-state index is 10.2. The Hall–Kier alpha value is -1.94. The van der Waals surface area contributed by atoms with E-state index in [2.05, 4.69) is 9.97 Å². The van der Waals surface area contributed by atoms with Crippen LogP contribution in [0.4, 0.5) is 0 Å². The van der Waals surface area contributed by atoms with E-state index in [9.17, 15) is 5.11 Å². The van der Waals surface area contributed by atoms with Crippen molar-refractivity contribution in [1.82, 2.24) is 9.97 Å². The first-order valence-corrected chi connectivity index (χ1v) is 6.44. The van der Waals surface area contributed by atoms with Gasteiger partial charge in [-0.25, -0.2) is 0 Å². The fourth-order valence-electron chi connectivity index (χ4n) is 1.88. The number of aromatic nitrogens is 2. The molecule has 0 saturated heterocycles. The third-order valence-corrected chi connectivity index (χ3v) is 2.89. The Bertz CT molecular complexity index is 503. The Labute approximate surface area is 113 Å². The SMILES string of the molecule is CCOc1cncc(C(O)CCc2ccncc2)c1. The molecule has 1 unspecified atom stereocenters. The lowest BCUT2D eigenvalue weighted by molar-refractivity contribution is 0.167. The van der Waals surface area contributed by atoms with Crippen molar-refractivity contribution in [3.8, 4) is 5.75 Å². The Balaban J connectivity index is 1.95. The number of pyridine rings is 2. The van der Waals surface area contributed by atoms with Gasteiger partial charge in [-0.05, 0) is 43.5 Å². The maximum absolute atomic E-state index is 10.2. The molecule has 100 valence electrons. The Kier molecular flexibility index (Phi) is 4.86. The molecule has 4 nitrogen and oxygen atoms in total. The van der Waals surface area contributed by atoms with Gasteiger partial charge in [-0.1, -0.05) is 0 Å². The number of hydrogen-bond acceptors (Lipinski definition) is 4. The number of nitrogens with zero attached hydrogens (tertiary/aromatic N) is 2. The van der Waals surface area contributed by atoms with Crippen LogP contribution in [0.3, 0.4) is 0 Å². The van der Waals surface area contributed by atoms with Gasteiger partial charge >= 0.3 is 0 Å². The molecule has 19 heavy (non-hydrogen) atoms. The van der Waals surface area contributed by atoms with Crippen LogP contribution in [0.2, 0.25) is 0 Å². The Morgan fingerprint density at radius 2 is 2.00 bits per heavy atom. The molecule has 2 heterocycles. The van der Waals surface area contributed by atoms with Gasteiger partial charge in [-0.15, -0.1) is 0 Å². The summed E-state index contributed by atoms with van der Waals surface area (Å²) < 4.78 is 5.38. The van der Waals surface area contributed by atoms with E-state index in [0.717, 1.165) is 12.0 Å². The quantitative estimate of drug-likeness (QED) is 0.865. The molecule has 0 spiro atoms. The van der Waals surface area contributed by atoms with Crippen LogP contribution in [-0.4, -0.2) is 21.7 Å². The minimum atomic E-state index is -0.527. The van der Waals surface area contributed by atoms with Gasteiger partial charge < -0.3 is 9.84 Å². The van der Waals surface area contributed by atoms with Crippen molar-refractivity contribution in [2.45, 2.75) is 25.9 Å². The van der Waals surface area contributed by atoms with Gasteiger partial charge in [-0.3, -0.25) is 9.97 Å². The Morgan fingerprint density at radius 3 is 2.74 bits per heavy atom. The van der Waals surface area contributed by atoms with Crippen LogP contribution in [0.25, 0.3) is 0 Å². The minimum absolute atomic E-state index is 0.527. The average Bonchev–Trinajstić information content (AvgIpc) is 2.46. The summed E-state index contributed by atoms with van der Waals surface area (Å²) >= 11 is 0. The van der Waals surface area contributed by atoms with Crippen LogP contribution in [0, 0.1) is 0 Å². The van der Waals surface area contributed by atoms with Gasteiger partial charge in [0.1, 0.15) is 5.75 Å². The van der Waals surface area contributed by atoms with E-state index in [1.807, 2.05) is 25.1 Å². The molecular formula is C15H18N2O2. The standard InChI is InChI=1S/C15H18N2O2/c1-2-19-14-9-13(10-17-11-14)15(18)4-3-12-5-7-16-8-6-12/h5-11,15,18H,2-4H2,1H3. The number of ether oxygens (including phenoxy) is 1. The summed E-state index contributed by atoms with van der Waals surface area (Å²) in [5.74, 6) is 0.697. The van der Waals surface area contributed by atoms with Crippen LogP contribution in [0.1, 0.15) is 30.6 Å². The van der Waals surface area contributed by atoms with E-state index in [1.54, 1.807) is 24.8 Å². The number of aryl methyl sites for hydroxylation is 1. The highest BCUT2D eigenvalue weighted by Crippen LogP contribution is 2.21. The van der Waals surface area contributed by atoms with Crippen molar-refractivity contribution >= 4 is 0 Å². The van der Waals surface area contributed by atoms with Gasteiger partial charge in [0, 0.05) is 24.2 Å². The molecule has 2 aromatic rings. The van der Waals surface area contributed by atoms with Crippen LogP contribution >= 0.6 is 0 Å². The predicted molar refractivity (Wildman–Crippen MR) is 72.9 cm³/mol. The zero-order valence-corrected chi connectivity index (χ0v) is 11.0.